The smallest absolute Gasteiger partial charge is 0.280 e. The van der Waals surface area contributed by atoms with Gasteiger partial charge in [0, 0.05) is 37.3 Å². The number of benzene rings is 2. The second-order valence-corrected chi connectivity index (χ2v) is 11.2. The van der Waals surface area contributed by atoms with Gasteiger partial charge in [-0.25, -0.2) is 26.5 Å². The minimum absolute atomic E-state index is 0.0222. The van der Waals surface area contributed by atoms with E-state index >= 15 is 0 Å². The Balaban J connectivity index is 1.72. The summed E-state index contributed by atoms with van der Waals surface area (Å²) >= 11 is 0. The van der Waals surface area contributed by atoms with E-state index < -0.39 is 31.7 Å². The molecule has 5 N–H and O–H groups in total. The lowest BCUT2D eigenvalue weighted by atomic mass is 10.2. The first-order chi connectivity index (χ1) is 16.5. The van der Waals surface area contributed by atoms with E-state index in [9.17, 15) is 21.6 Å². The normalized spacial score (nSPS) is 11.7. The zero-order chi connectivity index (χ0) is 25.6. The van der Waals surface area contributed by atoms with Gasteiger partial charge in [-0.3, -0.25) is 4.79 Å². The van der Waals surface area contributed by atoms with Gasteiger partial charge in [0.1, 0.15) is 16.4 Å². The summed E-state index contributed by atoms with van der Waals surface area (Å²) in [5, 5.41) is 0. The fraction of sp³-hybridized carbons (Fsp3) is 0.190. The van der Waals surface area contributed by atoms with Crippen LogP contribution in [-0.4, -0.2) is 51.1 Å². The highest BCUT2D eigenvalue weighted by Gasteiger charge is 2.19. The summed E-state index contributed by atoms with van der Waals surface area (Å²) in [6.07, 6.45) is 6.62. The number of nitrogens with one attached hydrogen (secondary N) is 1. The van der Waals surface area contributed by atoms with Crippen molar-refractivity contribution in [1.29, 1.82) is 0 Å². The second-order valence-electron chi connectivity index (χ2n) is 7.40. The number of imidazole rings is 1. The summed E-state index contributed by atoms with van der Waals surface area (Å²) in [7, 11) is -7.54. The topological polar surface area (TPSA) is 189 Å². The Bertz CT molecular complexity index is 1430. The monoisotopic (exact) mass is 520 g/mol. The summed E-state index contributed by atoms with van der Waals surface area (Å²) in [5.41, 5.74) is 10.3. The molecule has 1 heterocycles. The number of nitrogens with two attached hydrogens (primary N) is 2. The standard InChI is InChI=1S/C21H24N6O6S2/c1-34(29,30)19-13-15(20(28)26-21(22)23)3-8-18(19)33-16-4-6-17(7-5-16)35(31,32)25-9-2-11-27-12-10-24-14-27/h3-8,10,12-14,25H,2,9,11H2,1H3,(H4,22,23,26,28). The van der Waals surface area contributed by atoms with E-state index in [4.69, 9.17) is 16.2 Å². The zero-order valence-corrected chi connectivity index (χ0v) is 20.3. The predicted molar refractivity (Wildman–Crippen MR) is 128 cm³/mol. The van der Waals surface area contributed by atoms with Crippen LogP contribution in [0.5, 0.6) is 11.5 Å². The molecule has 35 heavy (non-hydrogen) atoms. The number of aryl methyl sites for hydroxylation is 1. The maximum absolute atomic E-state index is 12.5. The van der Waals surface area contributed by atoms with Gasteiger partial charge in [0.15, 0.2) is 15.8 Å². The van der Waals surface area contributed by atoms with Crippen LogP contribution < -0.4 is 20.9 Å². The number of carbonyl (C=O) groups is 1. The lowest BCUT2D eigenvalue weighted by Crippen LogP contribution is -2.25. The molecule has 1 aromatic heterocycles. The molecule has 0 aliphatic heterocycles. The molecule has 12 nitrogen and oxygen atoms in total. The number of aliphatic imine (C=N–C) groups is 1. The Hall–Kier alpha value is -3.75. The molecule has 2 aromatic carbocycles. The van der Waals surface area contributed by atoms with Gasteiger partial charge in [-0.1, -0.05) is 0 Å². The van der Waals surface area contributed by atoms with E-state index in [-0.39, 0.29) is 33.4 Å². The van der Waals surface area contributed by atoms with Gasteiger partial charge < -0.3 is 20.8 Å². The lowest BCUT2D eigenvalue weighted by Gasteiger charge is -2.12. The molecule has 0 unspecified atom stereocenters. The highest BCUT2D eigenvalue weighted by molar-refractivity contribution is 7.90. The van der Waals surface area contributed by atoms with Crippen LogP contribution in [0.1, 0.15) is 16.8 Å². The summed E-state index contributed by atoms with van der Waals surface area (Å²) in [5.74, 6) is -1.13. The molecule has 186 valence electrons. The summed E-state index contributed by atoms with van der Waals surface area (Å²) in [6, 6.07) is 9.17. The molecule has 0 aliphatic rings. The highest BCUT2D eigenvalue weighted by Crippen LogP contribution is 2.30. The lowest BCUT2D eigenvalue weighted by molar-refractivity contribution is 0.100. The highest BCUT2D eigenvalue weighted by atomic mass is 32.2. The third-order valence-electron chi connectivity index (χ3n) is 4.63. The van der Waals surface area contributed by atoms with Gasteiger partial charge in [-0.05, 0) is 48.9 Å². The average Bonchev–Trinajstić information content (AvgIpc) is 3.30. The van der Waals surface area contributed by atoms with Crippen molar-refractivity contribution in [2.24, 2.45) is 16.5 Å². The average molecular weight is 521 g/mol. The van der Waals surface area contributed by atoms with E-state index in [0.29, 0.717) is 13.0 Å². The van der Waals surface area contributed by atoms with Crippen molar-refractivity contribution in [3.8, 4) is 11.5 Å². The van der Waals surface area contributed by atoms with Crippen LogP contribution in [-0.2, 0) is 26.4 Å². The van der Waals surface area contributed by atoms with Gasteiger partial charge in [0.05, 0.1) is 11.2 Å². The van der Waals surface area contributed by atoms with Gasteiger partial charge in [-0.2, -0.15) is 4.99 Å². The molecule has 0 atom stereocenters. The van der Waals surface area contributed by atoms with Crippen LogP contribution in [0, 0.1) is 0 Å². The SMILES string of the molecule is CS(=O)(=O)c1cc(C(=O)N=C(N)N)ccc1Oc1ccc(S(=O)(=O)NCCCn2ccnc2)cc1. The third kappa shape index (κ3) is 7.11. The fourth-order valence-corrected chi connectivity index (χ4v) is 4.87. The number of guanidine groups is 1. The number of amides is 1. The number of hydrogen-bond acceptors (Lipinski definition) is 7. The predicted octanol–water partition coefficient (Wildman–Crippen LogP) is 0.861. The molecule has 3 rings (SSSR count). The number of sulfone groups is 1. The van der Waals surface area contributed by atoms with Crippen LogP contribution in [0.3, 0.4) is 0 Å². The van der Waals surface area contributed by atoms with Crippen molar-refractivity contribution in [1.82, 2.24) is 14.3 Å². The maximum atomic E-state index is 12.5. The number of aromatic nitrogens is 2. The first-order valence-corrected chi connectivity index (χ1v) is 13.5. The largest absolute Gasteiger partial charge is 0.456 e. The molecule has 14 heteroatoms. The van der Waals surface area contributed by atoms with Crippen LogP contribution in [0.25, 0.3) is 0 Å². The van der Waals surface area contributed by atoms with Gasteiger partial charge in [0.2, 0.25) is 10.0 Å². The van der Waals surface area contributed by atoms with Crippen molar-refractivity contribution in [2.75, 3.05) is 12.8 Å². The molecule has 0 saturated carbocycles. The molecule has 0 bridgehead atoms. The van der Waals surface area contributed by atoms with Gasteiger partial charge >= 0.3 is 0 Å². The van der Waals surface area contributed by atoms with E-state index in [0.717, 1.165) is 12.3 Å². The molecule has 0 aliphatic carbocycles. The van der Waals surface area contributed by atoms with Crippen molar-refractivity contribution in [2.45, 2.75) is 22.8 Å². The van der Waals surface area contributed by atoms with Crippen LogP contribution >= 0.6 is 0 Å². The van der Waals surface area contributed by atoms with Crippen LogP contribution in [0.15, 0.2) is 76.0 Å². The molecular weight excluding hydrogens is 496 g/mol. The van der Waals surface area contributed by atoms with Crippen molar-refractivity contribution in [3.63, 3.8) is 0 Å². The first kappa shape index (κ1) is 25.9. The Morgan fingerprint density at radius 1 is 1.11 bits per heavy atom. The van der Waals surface area contributed by atoms with Crippen molar-refractivity contribution < 1.29 is 26.4 Å². The zero-order valence-electron chi connectivity index (χ0n) is 18.7. The third-order valence-corrected chi connectivity index (χ3v) is 7.22. The summed E-state index contributed by atoms with van der Waals surface area (Å²) in [4.78, 5) is 19.1. The quantitative estimate of drug-likeness (QED) is 0.198. The van der Waals surface area contributed by atoms with Crippen molar-refractivity contribution in [3.05, 3.63) is 66.7 Å². The van der Waals surface area contributed by atoms with Crippen LogP contribution in [0.2, 0.25) is 0 Å². The minimum atomic E-state index is -3.80. The van der Waals surface area contributed by atoms with Gasteiger partial charge in [0.25, 0.3) is 5.91 Å². The Labute approximate surface area is 202 Å². The van der Waals surface area contributed by atoms with E-state index in [1.165, 1.54) is 36.4 Å². The van der Waals surface area contributed by atoms with Crippen molar-refractivity contribution >= 4 is 31.7 Å². The number of rotatable bonds is 10. The number of carbonyl (C=O) groups excluding carboxylic acids is 1. The van der Waals surface area contributed by atoms with E-state index in [1.54, 1.807) is 18.7 Å². The molecule has 0 fully saturated rings. The second kappa shape index (κ2) is 10.7. The fourth-order valence-electron chi connectivity index (χ4n) is 2.98. The number of nitrogens with zero attached hydrogens (tertiary/aromatic N) is 3. The molecule has 0 saturated heterocycles. The Morgan fingerprint density at radius 3 is 2.43 bits per heavy atom. The summed E-state index contributed by atoms with van der Waals surface area (Å²) in [6.45, 7) is 0.857. The minimum Gasteiger partial charge on any atom is -0.456 e. The number of ether oxygens (including phenoxy) is 1. The molecule has 3 aromatic rings. The van der Waals surface area contributed by atoms with Crippen LogP contribution in [0.4, 0.5) is 0 Å². The Kier molecular flexibility index (Phi) is 7.89. The molecular formula is C21H24N6O6S2. The Morgan fingerprint density at radius 2 is 1.83 bits per heavy atom. The summed E-state index contributed by atoms with van der Waals surface area (Å²) < 4.78 is 59.6. The molecule has 0 spiro atoms. The maximum Gasteiger partial charge on any atom is 0.280 e. The number of sulfonamides is 1. The van der Waals surface area contributed by atoms with E-state index in [2.05, 4.69) is 14.7 Å². The van der Waals surface area contributed by atoms with E-state index in [1.807, 2.05) is 4.57 Å². The van der Waals surface area contributed by atoms with Gasteiger partial charge in [-0.15, -0.1) is 0 Å². The molecule has 1 amide bonds. The molecule has 0 radical (unpaired) electrons. The first-order valence-electron chi connectivity index (χ1n) is 10.2. The number of hydrogen-bond donors (Lipinski definition) is 3.